The maximum absolute atomic E-state index is 10.5. The van der Waals surface area contributed by atoms with E-state index < -0.39 is 6.10 Å². The van der Waals surface area contributed by atoms with Gasteiger partial charge >= 0.3 is 0 Å². The summed E-state index contributed by atoms with van der Waals surface area (Å²) >= 11 is 1.62. The molecule has 0 spiro atoms. The number of nitrogens with one attached hydrogen (secondary N) is 2. The highest BCUT2D eigenvalue weighted by Crippen LogP contribution is 2.29. The average molecular weight is 539 g/mol. The molecule has 0 bridgehead atoms. The Kier molecular flexibility index (Phi) is 9.80. The summed E-state index contributed by atoms with van der Waals surface area (Å²) in [5.41, 5.74) is 1.08. The molecule has 1 aromatic carbocycles. The molecule has 0 radical (unpaired) electrons. The van der Waals surface area contributed by atoms with Gasteiger partial charge in [-0.2, -0.15) is 0 Å². The van der Waals surface area contributed by atoms with E-state index in [0.29, 0.717) is 19.0 Å². The van der Waals surface area contributed by atoms with Gasteiger partial charge < -0.3 is 20.6 Å². The molecule has 162 valence electrons. The van der Waals surface area contributed by atoms with Crippen molar-refractivity contribution in [2.75, 3.05) is 31.6 Å². The van der Waals surface area contributed by atoms with Gasteiger partial charge in [-0.15, -0.1) is 35.3 Å². The Morgan fingerprint density at radius 1 is 1.17 bits per heavy atom. The average Bonchev–Trinajstić information content (AvgIpc) is 3.20. The molecule has 0 fully saturated rings. The quantitative estimate of drug-likeness (QED) is 0.228. The van der Waals surface area contributed by atoms with Gasteiger partial charge in [-0.05, 0) is 43.0 Å². The summed E-state index contributed by atoms with van der Waals surface area (Å²) in [7, 11) is 1.73. The normalized spacial score (nSPS) is 12.3. The Hall–Kier alpha value is -1.91. The van der Waals surface area contributed by atoms with Gasteiger partial charge in [-0.3, -0.25) is 4.99 Å². The number of aliphatic hydroxyl groups is 1. The summed E-state index contributed by atoms with van der Waals surface area (Å²) in [5.74, 6) is 1.64. The fraction of sp³-hybridized carbons (Fsp3) is 0.364. The van der Waals surface area contributed by atoms with Crippen LogP contribution in [0.4, 0.5) is 5.82 Å². The molecule has 6 nitrogen and oxygen atoms in total. The lowest BCUT2D eigenvalue weighted by Gasteiger charge is -2.20. The van der Waals surface area contributed by atoms with Gasteiger partial charge in [-0.25, -0.2) is 4.98 Å². The standard InChI is InChI=1S/C22H29N5OS.HI/c1-4-27(5-2)21-11-10-16(13-24-21)14-25-22(23-3)26-15-18(28)20-12-17-8-6-7-9-19(17)29-20;/h6-13,18,28H,4-5,14-15H2,1-3H3,(H2,23,25,26);1H. The van der Waals surface area contributed by atoms with E-state index in [1.54, 1.807) is 18.4 Å². The van der Waals surface area contributed by atoms with Crippen LogP contribution < -0.4 is 15.5 Å². The molecule has 0 saturated carbocycles. The zero-order valence-corrected chi connectivity index (χ0v) is 20.8. The summed E-state index contributed by atoms with van der Waals surface area (Å²) in [4.78, 5) is 12.0. The number of pyridine rings is 1. The van der Waals surface area contributed by atoms with Gasteiger partial charge in [0.05, 0.1) is 0 Å². The van der Waals surface area contributed by atoms with Gasteiger partial charge in [0.1, 0.15) is 11.9 Å². The van der Waals surface area contributed by atoms with Gasteiger partial charge in [0.15, 0.2) is 5.96 Å². The van der Waals surface area contributed by atoms with Crippen LogP contribution in [0.2, 0.25) is 0 Å². The third-order valence-corrected chi connectivity index (χ3v) is 6.03. The van der Waals surface area contributed by atoms with Crippen molar-refractivity contribution in [1.82, 2.24) is 15.6 Å². The first-order valence-electron chi connectivity index (χ1n) is 9.95. The number of halogens is 1. The van der Waals surface area contributed by atoms with E-state index in [0.717, 1.165) is 34.7 Å². The molecule has 1 atom stereocenters. The first kappa shape index (κ1) is 24.4. The van der Waals surface area contributed by atoms with Crippen molar-refractivity contribution in [3.63, 3.8) is 0 Å². The summed E-state index contributed by atoms with van der Waals surface area (Å²) in [6.45, 7) is 7.16. The number of guanidine groups is 1. The van der Waals surface area contributed by atoms with Crippen molar-refractivity contribution in [3.8, 4) is 0 Å². The predicted octanol–water partition coefficient (Wildman–Crippen LogP) is 4.16. The first-order chi connectivity index (χ1) is 14.1. The number of benzene rings is 1. The smallest absolute Gasteiger partial charge is 0.191 e. The predicted molar refractivity (Wildman–Crippen MR) is 138 cm³/mol. The van der Waals surface area contributed by atoms with Crippen molar-refractivity contribution in [1.29, 1.82) is 0 Å². The number of nitrogens with zero attached hydrogens (tertiary/aromatic N) is 3. The van der Waals surface area contributed by atoms with E-state index in [1.807, 2.05) is 30.5 Å². The van der Waals surface area contributed by atoms with E-state index in [2.05, 4.69) is 57.6 Å². The summed E-state index contributed by atoms with van der Waals surface area (Å²) < 4.78 is 1.18. The van der Waals surface area contributed by atoms with Gasteiger partial charge in [0.2, 0.25) is 0 Å². The highest BCUT2D eigenvalue weighted by molar-refractivity contribution is 14.0. The van der Waals surface area contributed by atoms with Crippen molar-refractivity contribution in [2.24, 2.45) is 4.99 Å². The van der Waals surface area contributed by atoms with E-state index in [-0.39, 0.29) is 24.0 Å². The zero-order chi connectivity index (χ0) is 20.6. The van der Waals surface area contributed by atoms with Crippen LogP contribution in [-0.2, 0) is 6.54 Å². The van der Waals surface area contributed by atoms with Crippen LogP contribution in [0.15, 0.2) is 53.7 Å². The molecule has 30 heavy (non-hydrogen) atoms. The summed E-state index contributed by atoms with van der Waals surface area (Å²) in [6.07, 6.45) is 1.31. The molecule has 2 aromatic heterocycles. The maximum atomic E-state index is 10.5. The third-order valence-electron chi connectivity index (χ3n) is 4.82. The molecule has 0 aliphatic heterocycles. The third kappa shape index (κ3) is 6.29. The molecule has 3 aromatic rings. The van der Waals surface area contributed by atoms with Gasteiger partial charge in [-0.1, -0.05) is 24.3 Å². The minimum absolute atomic E-state index is 0. The number of aliphatic imine (C=N–C) groups is 1. The van der Waals surface area contributed by atoms with Gasteiger partial charge in [0, 0.05) is 49.0 Å². The Labute approximate surface area is 199 Å². The number of rotatable bonds is 8. The van der Waals surface area contributed by atoms with Crippen LogP contribution in [0.5, 0.6) is 0 Å². The molecular formula is C22H30IN5OS. The number of hydrogen-bond donors (Lipinski definition) is 3. The van der Waals surface area contributed by atoms with Crippen LogP contribution in [0, 0.1) is 0 Å². The minimum Gasteiger partial charge on any atom is -0.386 e. The molecule has 2 heterocycles. The van der Waals surface area contributed by atoms with Crippen LogP contribution in [0.3, 0.4) is 0 Å². The number of fused-ring (bicyclic) bond motifs is 1. The second kappa shape index (κ2) is 12.1. The molecule has 0 amide bonds. The number of thiophene rings is 1. The molecule has 0 aliphatic rings. The lowest BCUT2D eigenvalue weighted by atomic mass is 10.2. The number of anilines is 1. The van der Waals surface area contributed by atoms with Crippen molar-refractivity contribution < 1.29 is 5.11 Å². The Morgan fingerprint density at radius 3 is 2.57 bits per heavy atom. The molecule has 0 saturated heterocycles. The maximum Gasteiger partial charge on any atom is 0.191 e. The molecule has 3 rings (SSSR count). The van der Waals surface area contributed by atoms with Crippen LogP contribution in [-0.4, -0.2) is 42.7 Å². The SMILES string of the molecule is CCN(CC)c1ccc(CNC(=NC)NCC(O)c2cc3ccccc3s2)cn1.I. The lowest BCUT2D eigenvalue weighted by molar-refractivity contribution is 0.184. The van der Waals surface area contributed by atoms with E-state index >= 15 is 0 Å². The van der Waals surface area contributed by atoms with Crippen molar-refractivity contribution in [2.45, 2.75) is 26.5 Å². The molecule has 3 N–H and O–H groups in total. The topological polar surface area (TPSA) is 72.8 Å². The highest BCUT2D eigenvalue weighted by atomic mass is 127. The first-order valence-corrected chi connectivity index (χ1v) is 10.8. The fourth-order valence-electron chi connectivity index (χ4n) is 3.12. The fourth-order valence-corrected chi connectivity index (χ4v) is 4.17. The van der Waals surface area contributed by atoms with Gasteiger partial charge in [0.25, 0.3) is 0 Å². The number of aromatic nitrogens is 1. The Bertz CT molecular complexity index is 907. The second-order valence-corrected chi connectivity index (χ2v) is 7.82. The number of hydrogen-bond acceptors (Lipinski definition) is 5. The molecule has 1 unspecified atom stereocenters. The zero-order valence-electron chi connectivity index (χ0n) is 17.6. The largest absolute Gasteiger partial charge is 0.386 e. The highest BCUT2D eigenvalue weighted by Gasteiger charge is 2.12. The molecular weight excluding hydrogens is 509 g/mol. The second-order valence-electron chi connectivity index (χ2n) is 6.71. The lowest BCUT2D eigenvalue weighted by Crippen LogP contribution is -2.38. The summed E-state index contributed by atoms with van der Waals surface area (Å²) in [5, 5.41) is 18.2. The van der Waals surface area contributed by atoms with Crippen LogP contribution in [0.1, 0.15) is 30.4 Å². The Morgan fingerprint density at radius 2 is 1.93 bits per heavy atom. The molecule has 0 aliphatic carbocycles. The summed E-state index contributed by atoms with van der Waals surface area (Å²) in [6, 6.07) is 14.3. The Balaban J connectivity index is 0.00000320. The number of aliphatic hydroxyl groups excluding tert-OH is 1. The van der Waals surface area contributed by atoms with Crippen molar-refractivity contribution >= 4 is 57.2 Å². The monoisotopic (exact) mass is 539 g/mol. The van der Waals surface area contributed by atoms with E-state index in [1.165, 1.54) is 4.70 Å². The minimum atomic E-state index is -0.582. The van der Waals surface area contributed by atoms with E-state index in [9.17, 15) is 5.11 Å². The van der Waals surface area contributed by atoms with E-state index in [4.69, 9.17) is 0 Å². The molecule has 8 heteroatoms. The van der Waals surface area contributed by atoms with Crippen LogP contribution >= 0.6 is 35.3 Å². The van der Waals surface area contributed by atoms with Crippen molar-refractivity contribution in [3.05, 3.63) is 59.1 Å². The van der Waals surface area contributed by atoms with Crippen LogP contribution in [0.25, 0.3) is 10.1 Å².